The van der Waals surface area contributed by atoms with Crippen molar-refractivity contribution in [3.05, 3.63) is 53.2 Å². The van der Waals surface area contributed by atoms with E-state index >= 15 is 0 Å². The number of hydrogen-bond acceptors (Lipinski definition) is 6. The van der Waals surface area contributed by atoms with Crippen molar-refractivity contribution in [3.63, 3.8) is 0 Å². The van der Waals surface area contributed by atoms with Gasteiger partial charge in [0.1, 0.15) is 17.3 Å². The second kappa shape index (κ2) is 9.93. The lowest BCUT2D eigenvalue weighted by atomic mass is 10.0. The van der Waals surface area contributed by atoms with Crippen molar-refractivity contribution < 1.29 is 37.4 Å². The van der Waals surface area contributed by atoms with Crippen molar-refractivity contribution in [2.45, 2.75) is 44.3 Å². The van der Waals surface area contributed by atoms with Crippen LogP contribution in [-0.2, 0) is 27.0 Å². The molecule has 1 aromatic carbocycles. The van der Waals surface area contributed by atoms with Gasteiger partial charge < -0.3 is 20.1 Å². The van der Waals surface area contributed by atoms with E-state index < -0.39 is 36.2 Å². The number of carbonyl (C=O) groups is 3. The zero-order valence-electron chi connectivity index (χ0n) is 18.7. The van der Waals surface area contributed by atoms with Gasteiger partial charge in [-0.2, -0.15) is 13.2 Å². The van der Waals surface area contributed by atoms with Gasteiger partial charge in [-0.05, 0) is 42.5 Å². The summed E-state index contributed by atoms with van der Waals surface area (Å²) in [4.78, 5) is 41.8. The molecular formula is C24H24F3N3O5. The fraction of sp³-hybridized carbons (Fsp3) is 0.417. The smallest absolute Gasteiger partial charge is 0.433 e. The Balaban J connectivity index is 1.53. The van der Waals surface area contributed by atoms with Crippen LogP contribution in [0.15, 0.2) is 36.4 Å². The minimum Gasteiger partial charge on any atom is -0.481 e. The van der Waals surface area contributed by atoms with Crippen LogP contribution in [0.3, 0.4) is 0 Å². The Morgan fingerprint density at radius 2 is 1.91 bits per heavy atom. The highest BCUT2D eigenvalue weighted by Crippen LogP contribution is 2.36. The number of carboxylic acids is 1. The highest BCUT2D eigenvalue weighted by molar-refractivity contribution is 5.81. The molecule has 1 aromatic heterocycles. The van der Waals surface area contributed by atoms with Crippen LogP contribution in [0, 0.1) is 5.92 Å². The van der Waals surface area contributed by atoms with Crippen LogP contribution in [-0.4, -0.2) is 45.9 Å². The summed E-state index contributed by atoms with van der Waals surface area (Å²) < 4.78 is 44.7. The van der Waals surface area contributed by atoms with Gasteiger partial charge in [-0.3, -0.25) is 14.4 Å². The van der Waals surface area contributed by atoms with Crippen LogP contribution in [0.4, 0.5) is 19.0 Å². The van der Waals surface area contributed by atoms with E-state index in [-0.39, 0.29) is 36.9 Å². The van der Waals surface area contributed by atoms with Crippen molar-refractivity contribution in [2.75, 3.05) is 18.4 Å². The number of nitrogens with one attached hydrogen (secondary N) is 1. The Kier molecular flexibility index (Phi) is 6.95. The number of anilines is 1. The van der Waals surface area contributed by atoms with Crippen LogP contribution in [0.5, 0.6) is 5.75 Å². The molecule has 1 amide bonds. The summed E-state index contributed by atoms with van der Waals surface area (Å²) in [7, 11) is 0. The average Bonchev–Trinajstić information content (AvgIpc) is 3.60. The average molecular weight is 491 g/mol. The number of ether oxygens (including phenoxy) is 1. The Bertz CT molecular complexity index is 1130. The predicted molar refractivity (Wildman–Crippen MR) is 118 cm³/mol. The second-order valence-electron chi connectivity index (χ2n) is 8.71. The minimum absolute atomic E-state index is 0.0740. The molecule has 35 heavy (non-hydrogen) atoms. The SMILES string of the molecule is O=C(O)C[C@@H]1c2ccc(C(F)(F)F)nc2NCCN1C(=O)Cc1cccc(OC(=O)CC2CC2)c1. The molecule has 1 aliphatic heterocycles. The van der Waals surface area contributed by atoms with Gasteiger partial charge in [0, 0.05) is 25.1 Å². The Morgan fingerprint density at radius 3 is 2.60 bits per heavy atom. The van der Waals surface area contributed by atoms with Crippen molar-refractivity contribution in [3.8, 4) is 5.75 Å². The first-order valence-electron chi connectivity index (χ1n) is 11.2. The zero-order chi connectivity index (χ0) is 25.2. The highest BCUT2D eigenvalue weighted by Gasteiger charge is 2.36. The number of rotatable bonds is 7. The number of hydrogen-bond donors (Lipinski definition) is 2. The summed E-state index contributed by atoms with van der Waals surface area (Å²) in [6.45, 7) is 0.173. The molecule has 0 saturated heterocycles. The third-order valence-electron chi connectivity index (χ3n) is 5.92. The summed E-state index contributed by atoms with van der Waals surface area (Å²) in [5, 5.41) is 12.2. The number of fused-ring (bicyclic) bond motifs is 1. The van der Waals surface area contributed by atoms with E-state index in [0.717, 1.165) is 25.0 Å². The van der Waals surface area contributed by atoms with E-state index in [0.29, 0.717) is 23.7 Å². The summed E-state index contributed by atoms with van der Waals surface area (Å²) in [5.41, 5.74) is -0.344. The Hall–Kier alpha value is -3.63. The molecule has 8 nitrogen and oxygen atoms in total. The first-order chi connectivity index (χ1) is 16.6. The molecule has 2 aromatic rings. The monoisotopic (exact) mass is 491 g/mol. The molecular weight excluding hydrogens is 467 g/mol. The van der Waals surface area contributed by atoms with E-state index in [4.69, 9.17) is 4.74 Å². The van der Waals surface area contributed by atoms with Gasteiger partial charge in [0.25, 0.3) is 0 Å². The Morgan fingerprint density at radius 1 is 1.14 bits per heavy atom. The number of aliphatic carboxylic acids is 1. The standard InChI is InChI=1S/C24H24F3N3O5/c25-24(26,27)19-7-6-17-18(13-21(32)33)30(9-8-28-23(17)29-19)20(31)11-15-2-1-3-16(10-15)35-22(34)12-14-4-5-14/h1-3,6-7,10,14,18H,4-5,8-9,11-13H2,(H,28,29)(H,32,33)/t18-/m1/s1. The van der Waals surface area contributed by atoms with E-state index in [2.05, 4.69) is 10.3 Å². The van der Waals surface area contributed by atoms with Gasteiger partial charge in [-0.15, -0.1) is 0 Å². The number of aromatic nitrogens is 1. The minimum atomic E-state index is -4.66. The molecule has 2 N–H and O–H groups in total. The quantitative estimate of drug-likeness (QED) is 0.448. The molecule has 0 spiro atoms. The third kappa shape index (κ3) is 6.28. The molecule has 0 bridgehead atoms. The van der Waals surface area contributed by atoms with Gasteiger partial charge in [0.05, 0.1) is 18.9 Å². The molecule has 2 heterocycles. The molecule has 11 heteroatoms. The molecule has 1 atom stereocenters. The number of carboxylic acid groups (broad SMARTS) is 1. The summed E-state index contributed by atoms with van der Waals surface area (Å²) in [6.07, 6.45) is -2.87. The van der Waals surface area contributed by atoms with Crippen molar-refractivity contribution in [1.29, 1.82) is 0 Å². The van der Waals surface area contributed by atoms with Crippen molar-refractivity contribution in [2.24, 2.45) is 5.92 Å². The second-order valence-corrected chi connectivity index (χ2v) is 8.71. The topological polar surface area (TPSA) is 109 Å². The molecule has 186 valence electrons. The number of carbonyl (C=O) groups excluding carboxylic acids is 2. The summed E-state index contributed by atoms with van der Waals surface area (Å²) in [5.74, 6) is -1.35. The highest BCUT2D eigenvalue weighted by atomic mass is 19.4. The molecule has 0 unspecified atom stereocenters. The normalized spacial score (nSPS) is 17.7. The van der Waals surface area contributed by atoms with Crippen LogP contribution in [0.25, 0.3) is 0 Å². The maximum Gasteiger partial charge on any atom is 0.433 e. The number of alkyl halides is 3. The van der Waals surface area contributed by atoms with Gasteiger partial charge in [0.15, 0.2) is 0 Å². The molecule has 1 saturated carbocycles. The lowest BCUT2D eigenvalue weighted by molar-refractivity contribution is -0.142. The molecule has 2 aliphatic rings. The van der Waals surface area contributed by atoms with Crippen LogP contribution < -0.4 is 10.1 Å². The van der Waals surface area contributed by atoms with Crippen molar-refractivity contribution in [1.82, 2.24) is 9.88 Å². The predicted octanol–water partition coefficient (Wildman–Crippen LogP) is 3.82. The molecule has 1 aliphatic carbocycles. The first kappa shape index (κ1) is 24.5. The lowest BCUT2D eigenvalue weighted by Crippen LogP contribution is -2.38. The van der Waals surface area contributed by atoms with Gasteiger partial charge in [0.2, 0.25) is 5.91 Å². The number of pyridine rings is 1. The fourth-order valence-electron chi connectivity index (χ4n) is 4.07. The lowest BCUT2D eigenvalue weighted by Gasteiger charge is -2.29. The molecule has 1 fully saturated rings. The fourth-order valence-corrected chi connectivity index (χ4v) is 4.07. The Labute approximate surface area is 199 Å². The maximum atomic E-state index is 13.2. The zero-order valence-corrected chi connectivity index (χ0v) is 18.7. The third-order valence-corrected chi connectivity index (χ3v) is 5.92. The van der Waals surface area contributed by atoms with Crippen molar-refractivity contribution >= 4 is 23.7 Å². The van der Waals surface area contributed by atoms with E-state index in [9.17, 15) is 32.7 Å². The first-order valence-corrected chi connectivity index (χ1v) is 11.2. The maximum absolute atomic E-state index is 13.2. The molecule has 4 rings (SSSR count). The van der Waals surface area contributed by atoms with E-state index in [1.807, 2.05) is 0 Å². The summed E-state index contributed by atoms with van der Waals surface area (Å²) in [6, 6.07) is 7.47. The number of halogens is 3. The number of benzene rings is 1. The summed E-state index contributed by atoms with van der Waals surface area (Å²) >= 11 is 0. The van der Waals surface area contributed by atoms with E-state index in [1.165, 1.54) is 4.90 Å². The largest absolute Gasteiger partial charge is 0.481 e. The number of amides is 1. The van der Waals surface area contributed by atoms with Gasteiger partial charge >= 0.3 is 18.1 Å². The van der Waals surface area contributed by atoms with Crippen LogP contribution in [0.1, 0.15) is 48.5 Å². The van der Waals surface area contributed by atoms with Gasteiger partial charge in [-0.1, -0.05) is 18.2 Å². The molecule has 0 radical (unpaired) electrons. The van der Waals surface area contributed by atoms with Crippen LogP contribution in [0.2, 0.25) is 0 Å². The van der Waals surface area contributed by atoms with Gasteiger partial charge in [-0.25, -0.2) is 4.98 Å². The van der Waals surface area contributed by atoms with Crippen LogP contribution >= 0.6 is 0 Å². The number of esters is 1. The number of nitrogens with zero attached hydrogens (tertiary/aromatic N) is 2. The van der Waals surface area contributed by atoms with E-state index in [1.54, 1.807) is 24.3 Å².